The predicted molar refractivity (Wildman–Crippen MR) is 111 cm³/mol. The van der Waals surface area contributed by atoms with Crippen molar-refractivity contribution >= 4 is 44.0 Å². The van der Waals surface area contributed by atoms with Gasteiger partial charge in [-0.3, -0.25) is 9.48 Å². The zero-order chi connectivity index (χ0) is 19.2. The van der Waals surface area contributed by atoms with Crippen molar-refractivity contribution in [1.29, 1.82) is 0 Å². The summed E-state index contributed by atoms with van der Waals surface area (Å²) in [5.74, 6) is 0.276. The number of carbonyl (C=O) groups is 1. The molecule has 138 valence electrons. The first-order valence-electron chi connectivity index (χ1n) is 8.00. The third-order valence-electron chi connectivity index (χ3n) is 3.70. The van der Waals surface area contributed by atoms with Crippen LogP contribution in [0.1, 0.15) is 21.6 Å². The molecule has 0 fully saturated rings. The number of hydrogen-bond donors (Lipinski definition) is 1. The molecule has 0 saturated carbocycles. The molecule has 0 bridgehead atoms. The topological polar surface area (TPSA) is 68.5 Å². The molecule has 2 aromatic carbocycles. The van der Waals surface area contributed by atoms with Crippen LogP contribution >= 0.6 is 31.9 Å². The van der Waals surface area contributed by atoms with Crippen molar-refractivity contribution in [2.24, 2.45) is 5.10 Å². The lowest BCUT2D eigenvalue weighted by Gasteiger charge is -2.03. The maximum atomic E-state index is 12.4. The van der Waals surface area contributed by atoms with Crippen LogP contribution in [0.5, 0.6) is 5.75 Å². The largest absolute Gasteiger partial charge is 0.496 e. The van der Waals surface area contributed by atoms with E-state index in [2.05, 4.69) is 47.5 Å². The minimum Gasteiger partial charge on any atom is -0.496 e. The van der Waals surface area contributed by atoms with Crippen LogP contribution in [-0.2, 0) is 6.54 Å². The summed E-state index contributed by atoms with van der Waals surface area (Å²) in [6.07, 6.45) is 3.30. The zero-order valence-electron chi connectivity index (χ0n) is 14.4. The van der Waals surface area contributed by atoms with E-state index in [0.29, 0.717) is 16.8 Å². The fourth-order valence-electron chi connectivity index (χ4n) is 2.40. The van der Waals surface area contributed by atoms with Crippen molar-refractivity contribution in [3.8, 4) is 5.75 Å². The molecule has 0 saturated heterocycles. The minimum absolute atomic E-state index is 0.268. The first-order valence-corrected chi connectivity index (χ1v) is 9.59. The third kappa shape index (κ3) is 5.05. The van der Waals surface area contributed by atoms with Gasteiger partial charge in [-0.25, -0.2) is 5.43 Å². The van der Waals surface area contributed by atoms with Gasteiger partial charge in [-0.05, 0) is 45.8 Å². The van der Waals surface area contributed by atoms with Gasteiger partial charge in [0.25, 0.3) is 5.91 Å². The molecule has 8 heteroatoms. The highest BCUT2D eigenvalue weighted by Crippen LogP contribution is 2.17. The Labute approximate surface area is 173 Å². The van der Waals surface area contributed by atoms with Crippen molar-refractivity contribution in [3.63, 3.8) is 0 Å². The maximum Gasteiger partial charge on any atom is 0.293 e. The standard InChI is InChI=1S/C19H16Br2N4O2/c1-27-17-5-3-2-4-14(17)10-22-23-19(26)18-16(21)12-25(24-18)11-13-6-8-15(20)9-7-13/h2-10,12H,11H2,1H3,(H,23,26). The Hall–Kier alpha value is -2.45. The molecule has 1 heterocycles. The predicted octanol–water partition coefficient (Wildman–Crippen LogP) is 4.23. The van der Waals surface area contributed by atoms with Gasteiger partial charge in [0.2, 0.25) is 0 Å². The van der Waals surface area contributed by atoms with Crippen LogP contribution in [0, 0.1) is 0 Å². The highest BCUT2D eigenvalue weighted by Gasteiger charge is 2.15. The van der Waals surface area contributed by atoms with Crippen LogP contribution < -0.4 is 10.2 Å². The number of hydrazone groups is 1. The number of amides is 1. The van der Waals surface area contributed by atoms with Crippen LogP contribution in [0.4, 0.5) is 0 Å². The number of nitrogens with zero attached hydrogens (tertiary/aromatic N) is 3. The lowest BCUT2D eigenvalue weighted by atomic mass is 10.2. The van der Waals surface area contributed by atoms with Gasteiger partial charge in [0.15, 0.2) is 5.69 Å². The zero-order valence-corrected chi connectivity index (χ0v) is 17.6. The maximum absolute atomic E-state index is 12.4. The Morgan fingerprint density at radius 3 is 2.70 bits per heavy atom. The summed E-state index contributed by atoms with van der Waals surface area (Å²) < 4.78 is 8.56. The Balaban J connectivity index is 1.67. The van der Waals surface area contributed by atoms with Crippen molar-refractivity contribution < 1.29 is 9.53 Å². The second kappa shape index (κ2) is 8.96. The molecule has 1 aromatic heterocycles. The third-order valence-corrected chi connectivity index (χ3v) is 4.81. The first-order chi connectivity index (χ1) is 13.1. The smallest absolute Gasteiger partial charge is 0.293 e. The van der Waals surface area contributed by atoms with Crippen molar-refractivity contribution in [3.05, 3.63) is 80.5 Å². The Morgan fingerprint density at radius 2 is 1.96 bits per heavy atom. The number of rotatable bonds is 6. The molecule has 27 heavy (non-hydrogen) atoms. The quantitative estimate of drug-likeness (QED) is 0.414. The normalized spacial score (nSPS) is 10.9. The van der Waals surface area contributed by atoms with Gasteiger partial charge in [0.1, 0.15) is 5.75 Å². The van der Waals surface area contributed by atoms with E-state index >= 15 is 0 Å². The van der Waals surface area contributed by atoms with E-state index in [4.69, 9.17) is 4.74 Å². The molecule has 3 aromatic rings. The number of aromatic nitrogens is 2. The second-order valence-electron chi connectivity index (χ2n) is 5.59. The van der Waals surface area contributed by atoms with Gasteiger partial charge in [0.05, 0.1) is 24.3 Å². The van der Waals surface area contributed by atoms with E-state index in [9.17, 15) is 4.79 Å². The van der Waals surface area contributed by atoms with E-state index in [-0.39, 0.29) is 5.69 Å². The Kier molecular flexibility index (Phi) is 6.41. The van der Waals surface area contributed by atoms with Gasteiger partial charge in [-0.15, -0.1) is 0 Å². The molecule has 6 nitrogen and oxygen atoms in total. The first kappa shape index (κ1) is 19.3. The van der Waals surface area contributed by atoms with Crippen LogP contribution in [0.2, 0.25) is 0 Å². The number of hydrogen-bond acceptors (Lipinski definition) is 4. The molecule has 3 rings (SSSR count). The van der Waals surface area contributed by atoms with Gasteiger partial charge in [-0.2, -0.15) is 10.2 Å². The van der Waals surface area contributed by atoms with E-state index in [1.54, 1.807) is 18.0 Å². The van der Waals surface area contributed by atoms with Crippen molar-refractivity contribution in [2.75, 3.05) is 7.11 Å². The fraction of sp³-hybridized carbons (Fsp3) is 0.105. The molecule has 0 aliphatic carbocycles. The average Bonchev–Trinajstić information content (AvgIpc) is 3.04. The lowest BCUT2D eigenvalue weighted by Crippen LogP contribution is -2.19. The average molecular weight is 492 g/mol. The lowest BCUT2D eigenvalue weighted by molar-refractivity contribution is 0.0948. The summed E-state index contributed by atoms with van der Waals surface area (Å²) in [6.45, 7) is 0.559. The highest BCUT2D eigenvalue weighted by molar-refractivity contribution is 9.10. The summed E-state index contributed by atoms with van der Waals surface area (Å²) in [5.41, 5.74) is 4.60. The minimum atomic E-state index is -0.400. The number of methoxy groups -OCH3 is 1. The SMILES string of the molecule is COc1ccccc1C=NNC(=O)c1nn(Cc2ccc(Br)cc2)cc1Br. The van der Waals surface area contributed by atoms with Crippen LogP contribution in [0.15, 0.2) is 68.8 Å². The van der Waals surface area contributed by atoms with E-state index in [0.717, 1.165) is 15.6 Å². The molecule has 0 aliphatic rings. The van der Waals surface area contributed by atoms with Crippen LogP contribution in [0.3, 0.4) is 0 Å². The molecule has 0 atom stereocenters. The molecule has 1 N–H and O–H groups in total. The van der Waals surface area contributed by atoms with Crippen molar-refractivity contribution in [2.45, 2.75) is 6.54 Å². The molecule has 0 radical (unpaired) electrons. The molecular weight excluding hydrogens is 476 g/mol. The molecule has 1 amide bonds. The Bertz CT molecular complexity index is 968. The summed E-state index contributed by atoms with van der Waals surface area (Å²) in [5, 5.41) is 8.32. The second-order valence-corrected chi connectivity index (χ2v) is 7.36. The van der Waals surface area contributed by atoms with E-state index in [1.807, 2.05) is 48.5 Å². The van der Waals surface area contributed by atoms with Gasteiger partial charge >= 0.3 is 0 Å². The fourth-order valence-corrected chi connectivity index (χ4v) is 3.16. The number of halogens is 2. The van der Waals surface area contributed by atoms with E-state index in [1.165, 1.54) is 6.21 Å². The van der Waals surface area contributed by atoms with Crippen molar-refractivity contribution in [1.82, 2.24) is 15.2 Å². The Morgan fingerprint density at radius 1 is 1.22 bits per heavy atom. The number of ether oxygens (including phenoxy) is 1. The molecule has 0 unspecified atom stereocenters. The van der Waals surface area contributed by atoms with Gasteiger partial charge < -0.3 is 4.74 Å². The monoisotopic (exact) mass is 490 g/mol. The van der Waals surface area contributed by atoms with Crippen LogP contribution in [-0.4, -0.2) is 29.0 Å². The highest BCUT2D eigenvalue weighted by atomic mass is 79.9. The van der Waals surface area contributed by atoms with Gasteiger partial charge in [0, 0.05) is 16.2 Å². The van der Waals surface area contributed by atoms with Gasteiger partial charge in [-0.1, -0.05) is 40.2 Å². The van der Waals surface area contributed by atoms with Crippen LogP contribution in [0.25, 0.3) is 0 Å². The summed E-state index contributed by atoms with van der Waals surface area (Å²) in [6, 6.07) is 15.3. The number of benzene rings is 2. The summed E-state index contributed by atoms with van der Waals surface area (Å²) in [4.78, 5) is 12.4. The molecule has 0 aliphatic heterocycles. The number of nitrogens with one attached hydrogen (secondary N) is 1. The molecule has 0 spiro atoms. The molecular formula is C19H16Br2N4O2. The summed E-state index contributed by atoms with van der Waals surface area (Å²) >= 11 is 6.79. The summed E-state index contributed by atoms with van der Waals surface area (Å²) in [7, 11) is 1.58. The number of carbonyl (C=O) groups excluding carboxylic acids is 1. The number of para-hydroxylation sites is 1. The van der Waals surface area contributed by atoms with E-state index < -0.39 is 5.91 Å².